The van der Waals surface area contributed by atoms with Crippen molar-refractivity contribution in [2.45, 2.75) is 33.4 Å². The summed E-state index contributed by atoms with van der Waals surface area (Å²) in [4.78, 5) is 23.1. The molecule has 1 heterocycles. The third-order valence-electron chi connectivity index (χ3n) is 2.08. The van der Waals surface area contributed by atoms with Crippen LogP contribution in [-0.4, -0.2) is 29.1 Å². The predicted octanol–water partition coefficient (Wildman–Crippen LogP) is 1.19. The van der Waals surface area contributed by atoms with Gasteiger partial charge >= 0.3 is 5.97 Å². The van der Waals surface area contributed by atoms with E-state index in [-0.39, 0.29) is 18.5 Å². The summed E-state index contributed by atoms with van der Waals surface area (Å²) in [7, 11) is 0. The largest absolute Gasteiger partial charge is 0.461 e. The van der Waals surface area contributed by atoms with Crippen LogP contribution < -0.4 is 5.32 Å². The maximum Gasteiger partial charge on any atom is 0.354 e. The molecular formula is C12H18N2O3. The first-order valence-corrected chi connectivity index (χ1v) is 5.66. The molecule has 17 heavy (non-hydrogen) atoms. The second-order valence-corrected chi connectivity index (χ2v) is 3.96. The van der Waals surface area contributed by atoms with E-state index in [2.05, 4.69) is 5.32 Å². The first kappa shape index (κ1) is 13.3. The van der Waals surface area contributed by atoms with Crippen LogP contribution in [0.2, 0.25) is 0 Å². The van der Waals surface area contributed by atoms with Crippen molar-refractivity contribution in [3.05, 3.63) is 24.0 Å². The number of carbonyl (C=O) groups excluding carboxylic acids is 2. The quantitative estimate of drug-likeness (QED) is 0.784. The van der Waals surface area contributed by atoms with Crippen LogP contribution in [0, 0.1) is 0 Å². The summed E-state index contributed by atoms with van der Waals surface area (Å²) in [6.07, 6.45) is 1.69. The highest BCUT2D eigenvalue weighted by molar-refractivity contribution is 5.88. The molecule has 0 atom stereocenters. The summed E-state index contributed by atoms with van der Waals surface area (Å²) < 4.78 is 6.48. The first-order chi connectivity index (χ1) is 8.04. The highest BCUT2D eigenvalue weighted by atomic mass is 16.5. The number of amides is 1. The molecule has 1 rings (SSSR count). The average Bonchev–Trinajstić information content (AvgIpc) is 2.64. The number of hydrogen-bond acceptors (Lipinski definition) is 3. The minimum absolute atomic E-state index is 0.0871. The third-order valence-corrected chi connectivity index (χ3v) is 2.08. The number of nitrogens with zero attached hydrogens (tertiary/aromatic N) is 1. The van der Waals surface area contributed by atoms with Crippen LogP contribution in [0.5, 0.6) is 0 Å². The molecule has 0 aliphatic heterocycles. The molecule has 0 aliphatic rings. The minimum Gasteiger partial charge on any atom is -0.461 e. The first-order valence-electron chi connectivity index (χ1n) is 5.66. The maximum atomic E-state index is 11.6. The lowest BCUT2D eigenvalue weighted by atomic mass is 10.4. The number of carbonyl (C=O) groups is 2. The Morgan fingerprint density at radius 3 is 2.76 bits per heavy atom. The van der Waals surface area contributed by atoms with E-state index in [1.165, 1.54) is 0 Å². The molecule has 0 radical (unpaired) electrons. The summed E-state index contributed by atoms with van der Waals surface area (Å²) in [5.74, 6) is -0.531. The van der Waals surface area contributed by atoms with Crippen molar-refractivity contribution < 1.29 is 14.3 Å². The molecule has 5 heteroatoms. The second-order valence-electron chi connectivity index (χ2n) is 3.96. The summed E-state index contributed by atoms with van der Waals surface area (Å²) >= 11 is 0. The Balaban J connectivity index is 2.69. The van der Waals surface area contributed by atoms with Gasteiger partial charge < -0.3 is 14.6 Å². The van der Waals surface area contributed by atoms with Gasteiger partial charge in [0.05, 0.1) is 6.61 Å². The minimum atomic E-state index is -0.408. The fraction of sp³-hybridized carbons (Fsp3) is 0.500. The normalized spacial score (nSPS) is 10.4. The number of rotatable bonds is 5. The van der Waals surface area contributed by atoms with Crippen LogP contribution in [-0.2, 0) is 16.1 Å². The Morgan fingerprint density at radius 1 is 1.47 bits per heavy atom. The Hall–Kier alpha value is -1.78. The molecule has 0 aliphatic carbocycles. The van der Waals surface area contributed by atoms with Gasteiger partial charge in [-0.15, -0.1) is 0 Å². The van der Waals surface area contributed by atoms with Gasteiger partial charge in [0, 0.05) is 12.2 Å². The van der Waals surface area contributed by atoms with Crippen LogP contribution in [0.1, 0.15) is 31.3 Å². The van der Waals surface area contributed by atoms with E-state index >= 15 is 0 Å². The molecule has 94 valence electrons. The predicted molar refractivity (Wildman–Crippen MR) is 63.7 cm³/mol. The molecular weight excluding hydrogens is 220 g/mol. The van der Waals surface area contributed by atoms with Gasteiger partial charge in [-0.1, -0.05) is 0 Å². The molecule has 1 aromatic heterocycles. The van der Waals surface area contributed by atoms with Gasteiger partial charge in [0.2, 0.25) is 5.91 Å². The molecule has 0 fully saturated rings. The standard InChI is InChI=1S/C12H18N2O3/c1-4-17-12(16)10-6-5-7-14(10)8-11(15)13-9(2)3/h5-7,9H,4,8H2,1-3H3,(H,13,15). The lowest BCUT2D eigenvalue weighted by Gasteiger charge is -2.11. The zero-order chi connectivity index (χ0) is 12.8. The average molecular weight is 238 g/mol. The van der Waals surface area contributed by atoms with Crippen molar-refractivity contribution in [2.75, 3.05) is 6.61 Å². The second kappa shape index (κ2) is 6.08. The van der Waals surface area contributed by atoms with Crippen molar-refractivity contribution >= 4 is 11.9 Å². The summed E-state index contributed by atoms with van der Waals surface area (Å²) in [6, 6.07) is 3.44. The molecule has 0 saturated heterocycles. The van der Waals surface area contributed by atoms with E-state index in [0.717, 1.165) is 0 Å². The fourth-order valence-corrected chi connectivity index (χ4v) is 1.46. The molecule has 0 bridgehead atoms. The zero-order valence-electron chi connectivity index (χ0n) is 10.4. The van der Waals surface area contributed by atoms with E-state index in [4.69, 9.17) is 4.74 Å². The van der Waals surface area contributed by atoms with E-state index < -0.39 is 5.97 Å². The molecule has 0 spiro atoms. The smallest absolute Gasteiger partial charge is 0.354 e. The summed E-state index contributed by atoms with van der Waals surface area (Å²) in [5, 5.41) is 2.77. The number of nitrogens with one attached hydrogen (secondary N) is 1. The van der Waals surface area contributed by atoms with Gasteiger partial charge in [0.25, 0.3) is 0 Å². The van der Waals surface area contributed by atoms with Gasteiger partial charge in [-0.3, -0.25) is 4.79 Å². The molecule has 0 unspecified atom stereocenters. The molecule has 1 N–H and O–H groups in total. The molecule has 5 nitrogen and oxygen atoms in total. The van der Waals surface area contributed by atoms with Crippen LogP contribution in [0.25, 0.3) is 0 Å². The van der Waals surface area contributed by atoms with Crippen molar-refractivity contribution in [1.82, 2.24) is 9.88 Å². The Kier molecular flexibility index (Phi) is 4.75. The van der Waals surface area contributed by atoms with Gasteiger partial charge in [-0.25, -0.2) is 4.79 Å². The Labute approximate surface area is 101 Å². The van der Waals surface area contributed by atoms with Crippen molar-refractivity contribution in [3.8, 4) is 0 Å². The third kappa shape index (κ3) is 3.94. The molecule has 0 aromatic carbocycles. The van der Waals surface area contributed by atoms with Crippen molar-refractivity contribution in [3.63, 3.8) is 0 Å². The fourth-order valence-electron chi connectivity index (χ4n) is 1.46. The van der Waals surface area contributed by atoms with Crippen molar-refractivity contribution in [2.24, 2.45) is 0 Å². The highest BCUT2D eigenvalue weighted by Gasteiger charge is 2.13. The zero-order valence-corrected chi connectivity index (χ0v) is 10.4. The van der Waals surface area contributed by atoms with E-state index in [9.17, 15) is 9.59 Å². The lowest BCUT2D eigenvalue weighted by Crippen LogP contribution is -2.33. The van der Waals surface area contributed by atoms with E-state index in [1.54, 1.807) is 29.8 Å². The molecule has 1 aromatic rings. The summed E-state index contributed by atoms with van der Waals surface area (Å²) in [6.45, 7) is 5.97. The monoisotopic (exact) mass is 238 g/mol. The van der Waals surface area contributed by atoms with E-state index in [1.807, 2.05) is 13.8 Å². The van der Waals surface area contributed by atoms with Crippen molar-refractivity contribution in [1.29, 1.82) is 0 Å². The van der Waals surface area contributed by atoms with Gasteiger partial charge in [0.15, 0.2) is 0 Å². The van der Waals surface area contributed by atoms with Crippen LogP contribution in [0.15, 0.2) is 18.3 Å². The SMILES string of the molecule is CCOC(=O)c1cccn1CC(=O)NC(C)C. The number of ether oxygens (including phenoxy) is 1. The van der Waals surface area contributed by atoms with Gasteiger partial charge in [0.1, 0.15) is 12.2 Å². The number of aromatic nitrogens is 1. The highest BCUT2D eigenvalue weighted by Crippen LogP contribution is 2.04. The number of hydrogen-bond donors (Lipinski definition) is 1. The van der Waals surface area contributed by atoms with Crippen LogP contribution >= 0.6 is 0 Å². The molecule has 1 amide bonds. The maximum absolute atomic E-state index is 11.6. The Bertz CT molecular complexity index is 396. The van der Waals surface area contributed by atoms with Crippen LogP contribution in [0.4, 0.5) is 0 Å². The van der Waals surface area contributed by atoms with Gasteiger partial charge in [-0.05, 0) is 32.9 Å². The lowest BCUT2D eigenvalue weighted by molar-refractivity contribution is -0.122. The number of esters is 1. The van der Waals surface area contributed by atoms with Gasteiger partial charge in [-0.2, -0.15) is 0 Å². The van der Waals surface area contributed by atoms with E-state index in [0.29, 0.717) is 12.3 Å². The van der Waals surface area contributed by atoms with Crippen LogP contribution in [0.3, 0.4) is 0 Å². The Morgan fingerprint density at radius 2 is 2.18 bits per heavy atom. The molecule has 0 saturated carbocycles. The summed E-state index contributed by atoms with van der Waals surface area (Å²) in [5.41, 5.74) is 0.394. The topological polar surface area (TPSA) is 60.3 Å².